The Bertz CT molecular complexity index is 1030. The fourth-order valence-corrected chi connectivity index (χ4v) is 2.67. The fourth-order valence-electron chi connectivity index (χ4n) is 2.67. The fraction of sp³-hybridized carbons (Fsp3) is 0. The molecule has 116 valence electrons. The minimum Gasteiger partial charge on any atom is -0.437 e. The Hall–Kier alpha value is -3.47. The lowest BCUT2D eigenvalue weighted by molar-refractivity contribution is 0.561. The standard InChI is InChI=1S/C19H13N3O2/c20-19-21-17(23)16-14(12-7-3-1-4-8-12)11-15(24-18(16)22-19)13-9-5-2-6-10-13/h1-11H,(H2,20,21,23). The topological polar surface area (TPSA) is 82.0 Å². The maximum Gasteiger partial charge on any atom is 0.286 e. The van der Waals surface area contributed by atoms with E-state index in [1.54, 1.807) is 0 Å². The molecule has 0 fully saturated rings. The minimum atomic E-state index is -0.445. The lowest BCUT2D eigenvalue weighted by Crippen LogP contribution is -2.16. The van der Waals surface area contributed by atoms with E-state index in [2.05, 4.69) is 9.97 Å². The summed E-state index contributed by atoms with van der Waals surface area (Å²) in [4.78, 5) is 20.2. The van der Waals surface area contributed by atoms with Gasteiger partial charge in [0.2, 0.25) is 11.8 Å². The van der Waals surface area contributed by atoms with E-state index in [1.165, 1.54) is 0 Å². The minimum absolute atomic E-state index is 0.0968. The number of nitrogens with two attached hydrogens (primary N) is 1. The summed E-state index contributed by atoms with van der Waals surface area (Å²) in [5.41, 5.74) is 8.01. The zero-order valence-electron chi connectivity index (χ0n) is 12.6. The molecule has 0 aromatic heterocycles. The molecule has 2 heterocycles. The largest absolute Gasteiger partial charge is 0.437 e. The maximum atomic E-state index is 12.4. The number of rotatable bonds is 2. The summed E-state index contributed by atoms with van der Waals surface area (Å²) in [6, 6.07) is 21.1. The molecular formula is C19H13N3O2. The molecule has 24 heavy (non-hydrogen) atoms. The SMILES string of the molecule is Nc1nc2oc(-c3ccccc3)cc(-c3ccccc3)c-2c(=O)n1. The molecule has 2 aliphatic heterocycles. The first-order chi connectivity index (χ1) is 11.7. The lowest BCUT2D eigenvalue weighted by Gasteiger charge is -2.12. The van der Waals surface area contributed by atoms with Crippen molar-refractivity contribution in [2.75, 3.05) is 5.73 Å². The van der Waals surface area contributed by atoms with Crippen LogP contribution in [-0.2, 0) is 0 Å². The molecule has 5 nitrogen and oxygen atoms in total. The number of fused-ring (bicyclic) bond motifs is 1. The first-order valence-corrected chi connectivity index (χ1v) is 7.44. The summed E-state index contributed by atoms with van der Waals surface area (Å²) in [7, 11) is 0. The molecule has 2 aromatic carbocycles. The molecule has 0 aliphatic carbocycles. The molecule has 0 spiro atoms. The molecule has 0 amide bonds. The zero-order chi connectivity index (χ0) is 16.5. The first kappa shape index (κ1) is 14.1. The van der Waals surface area contributed by atoms with E-state index >= 15 is 0 Å². The van der Waals surface area contributed by atoms with Crippen molar-refractivity contribution in [2.45, 2.75) is 0 Å². The van der Waals surface area contributed by atoms with Crippen LogP contribution in [0.4, 0.5) is 5.95 Å². The summed E-state index contributed by atoms with van der Waals surface area (Å²) in [5.74, 6) is 0.702. The van der Waals surface area contributed by atoms with E-state index in [1.807, 2.05) is 66.7 Å². The van der Waals surface area contributed by atoms with Gasteiger partial charge in [0.1, 0.15) is 11.3 Å². The van der Waals surface area contributed by atoms with Crippen LogP contribution in [0, 0.1) is 0 Å². The molecule has 0 radical (unpaired) electrons. The monoisotopic (exact) mass is 315 g/mol. The van der Waals surface area contributed by atoms with Crippen molar-refractivity contribution in [3.63, 3.8) is 0 Å². The summed E-state index contributed by atoms with van der Waals surface area (Å²) in [6.07, 6.45) is 0. The molecular weight excluding hydrogens is 302 g/mol. The molecule has 2 N–H and O–H groups in total. The van der Waals surface area contributed by atoms with Gasteiger partial charge >= 0.3 is 0 Å². The Morgan fingerprint density at radius 2 is 1.46 bits per heavy atom. The quantitative estimate of drug-likeness (QED) is 0.612. The Labute approximate surface area is 137 Å². The summed E-state index contributed by atoms with van der Waals surface area (Å²) in [6.45, 7) is 0. The van der Waals surface area contributed by atoms with Crippen molar-refractivity contribution in [2.24, 2.45) is 0 Å². The molecule has 5 heteroatoms. The van der Waals surface area contributed by atoms with Crippen LogP contribution in [0.5, 0.6) is 0 Å². The van der Waals surface area contributed by atoms with E-state index in [9.17, 15) is 4.79 Å². The molecule has 2 aliphatic rings. The van der Waals surface area contributed by atoms with Crippen LogP contribution in [-0.4, -0.2) is 9.97 Å². The third-order valence-electron chi connectivity index (χ3n) is 3.75. The van der Waals surface area contributed by atoms with E-state index in [4.69, 9.17) is 10.2 Å². The number of aromatic nitrogens is 2. The Morgan fingerprint density at radius 1 is 0.833 bits per heavy atom. The van der Waals surface area contributed by atoms with Gasteiger partial charge in [0.05, 0.1) is 0 Å². The van der Waals surface area contributed by atoms with Gasteiger partial charge in [-0.15, -0.1) is 0 Å². The van der Waals surface area contributed by atoms with Gasteiger partial charge < -0.3 is 10.2 Å². The predicted molar refractivity (Wildman–Crippen MR) is 92.5 cm³/mol. The third-order valence-corrected chi connectivity index (χ3v) is 3.75. The number of nitrogen functional groups attached to an aromatic ring is 1. The van der Waals surface area contributed by atoms with Crippen molar-refractivity contribution in [3.05, 3.63) is 77.1 Å². The van der Waals surface area contributed by atoms with Gasteiger partial charge in [-0.05, 0) is 11.6 Å². The second kappa shape index (κ2) is 5.62. The highest BCUT2D eigenvalue weighted by Gasteiger charge is 2.21. The van der Waals surface area contributed by atoms with Crippen molar-refractivity contribution in [1.29, 1.82) is 0 Å². The number of nitrogens with zero attached hydrogens (tertiary/aromatic N) is 2. The maximum absolute atomic E-state index is 12.4. The van der Waals surface area contributed by atoms with Gasteiger partial charge in [-0.3, -0.25) is 4.79 Å². The zero-order valence-corrected chi connectivity index (χ0v) is 12.6. The molecule has 4 rings (SSSR count). The van der Waals surface area contributed by atoms with Crippen LogP contribution in [0.25, 0.3) is 33.9 Å². The third kappa shape index (κ3) is 2.42. The normalized spacial score (nSPS) is 10.8. The highest BCUT2D eigenvalue weighted by Crippen LogP contribution is 2.35. The van der Waals surface area contributed by atoms with Gasteiger partial charge in [0.15, 0.2) is 0 Å². The lowest BCUT2D eigenvalue weighted by atomic mass is 9.99. The first-order valence-electron chi connectivity index (χ1n) is 7.44. The van der Waals surface area contributed by atoms with Gasteiger partial charge in [0, 0.05) is 11.1 Å². The number of hydrogen-bond acceptors (Lipinski definition) is 5. The highest BCUT2D eigenvalue weighted by molar-refractivity contribution is 5.83. The van der Waals surface area contributed by atoms with E-state index in [-0.39, 0.29) is 11.8 Å². The molecule has 2 aromatic rings. The Kier molecular flexibility index (Phi) is 3.31. The molecule has 0 bridgehead atoms. The average Bonchev–Trinajstić information content (AvgIpc) is 2.62. The van der Waals surface area contributed by atoms with Crippen LogP contribution in [0.1, 0.15) is 0 Å². The average molecular weight is 315 g/mol. The van der Waals surface area contributed by atoms with Crippen LogP contribution in [0.2, 0.25) is 0 Å². The van der Waals surface area contributed by atoms with Crippen LogP contribution >= 0.6 is 0 Å². The molecule has 0 atom stereocenters. The van der Waals surface area contributed by atoms with Gasteiger partial charge in [-0.2, -0.15) is 9.97 Å². The highest BCUT2D eigenvalue weighted by atomic mass is 16.3. The van der Waals surface area contributed by atoms with Gasteiger partial charge in [-0.1, -0.05) is 60.7 Å². The number of hydrogen-bond donors (Lipinski definition) is 1. The second-order valence-electron chi connectivity index (χ2n) is 5.32. The summed E-state index contributed by atoms with van der Waals surface area (Å²) in [5, 5.41) is 0. The van der Waals surface area contributed by atoms with E-state index in [0.29, 0.717) is 11.3 Å². The Morgan fingerprint density at radius 3 is 2.12 bits per heavy atom. The van der Waals surface area contributed by atoms with Crippen LogP contribution < -0.4 is 11.3 Å². The predicted octanol–water partition coefficient (Wildman–Crippen LogP) is 3.45. The summed E-state index contributed by atoms with van der Waals surface area (Å²) >= 11 is 0. The van der Waals surface area contributed by atoms with Crippen LogP contribution in [0.15, 0.2) is 75.9 Å². The van der Waals surface area contributed by atoms with Crippen molar-refractivity contribution >= 4 is 5.95 Å². The van der Waals surface area contributed by atoms with Crippen molar-refractivity contribution in [1.82, 2.24) is 9.97 Å². The molecule has 0 saturated heterocycles. The molecule has 0 unspecified atom stereocenters. The van der Waals surface area contributed by atoms with E-state index in [0.717, 1.165) is 16.7 Å². The number of anilines is 1. The van der Waals surface area contributed by atoms with Gasteiger partial charge in [0.25, 0.3) is 5.56 Å². The summed E-state index contributed by atoms with van der Waals surface area (Å²) < 4.78 is 5.84. The van der Waals surface area contributed by atoms with Gasteiger partial charge in [-0.25, -0.2) is 0 Å². The smallest absolute Gasteiger partial charge is 0.286 e. The van der Waals surface area contributed by atoms with E-state index < -0.39 is 5.56 Å². The van der Waals surface area contributed by atoms with Crippen LogP contribution in [0.3, 0.4) is 0 Å². The second-order valence-corrected chi connectivity index (χ2v) is 5.32. The van der Waals surface area contributed by atoms with Crippen molar-refractivity contribution < 1.29 is 4.42 Å². The number of benzene rings is 2. The Balaban J connectivity index is 2.08. The van der Waals surface area contributed by atoms with Crippen molar-refractivity contribution in [3.8, 4) is 33.9 Å². The molecule has 0 saturated carbocycles.